The summed E-state index contributed by atoms with van der Waals surface area (Å²) in [6.07, 6.45) is 0.356. The van der Waals surface area contributed by atoms with E-state index in [9.17, 15) is 14.7 Å². The fraction of sp³-hybridized carbons (Fsp3) is 0.105. The molecule has 1 amide bonds. The first-order valence-electron chi connectivity index (χ1n) is 7.62. The number of nitrogens with zero attached hydrogens (tertiary/aromatic N) is 1. The van der Waals surface area contributed by atoms with Crippen molar-refractivity contribution in [1.82, 2.24) is 4.98 Å². The number of aromatic nitrogens is 1. The summed E-state index contributed by atoms with van der Waals surface area (Å²) in [4.78, 5) is 27.8. The van der Waals surface area contributed by atoms with Gasteiger partial charge in [0.15, 0.2) is 0 Å². The van der Waals surface area contributed by atoms with Gasteiger partial charge in [0.25, 0.3) is 0 Å². The van der Waals surface area contributed by atoms with E-state index in [4.69, 9.17) is 0 Å². The molecule has 1 aromatic heterocycles. The van der Waals surface area contributed by atoms with E-state index < -0.39 is 5.97 Å². The lowest BCUT2D eigenvalue weighted by atomic mass is 10.0. The molecule has 0 unspecified atom stereocenters. The van der Waals surface area contributed by atoms with Crippen molar-refractivity contribution in [2.45, 2.75) is 13.3 Å². The summed E-state index contributed by atoms with van der Waals surface area (Å²) < 4.78 is 0. The van der Waals surface area contributed by atoms with Crippen molar-refractivity contribution in [2.75, 3.05) is 5.32 Å². The van der Waals surface area contributed by atoms with Crippen LogP contribution in [0.25, 0.3) is 22.2 Å². The first kappa shape index (κ1) is 15.7. The molecule has 1 heterocycles. The lowest BCUT2D eigenvalue weighted by Crippen LogP contribution is -2.09. The van der Waals surface area contributed by atoms with Crippen LogP contribution in [0.2, 0.25) is 0 Å². The molecular formula is C19H16N2O3. The molecule has 0 radical (unpaired) electrons. The van der Waals surface area contributed by atoms with Gasteiger partial charge in [0.05, 0.1) is 16.8 Å². The van der Waals surface area contributed by atoms with Gasteiger partial charge in [-0.3, -0.25) is 4.79 Å². The summed E-state index contributed by atoms with van der Waals surface area (Å²) in [6, 6.07) is 16.1. The van der Waals surface area contributed by atoms with Gasteiger partial charge in [-0.15, -0.1) is 0 Å². The molecule has 5 nitrogen and oxygen atoms in total. The molecule has 0 fully saturated rings. The number of rotatable bonds is 4. The van der Waals surface area contributed by atoms with Gasteiger partial charge >= 0.3 is 5.97 Å². The highest BCUT2D eigenvalue weighted by molar-refractivity contribution is 6.05. The number of aromatic carboxylic acids is 1. The maximum Gasteiger partial charge on any atom is 0.336 e. The average Bonchev–Trinajstić information content (AvgIpc) is 2.61. The zero-order valence-electron chi connectivity index (χ0n) is 13.1. The van der Waals surface area contributed by atoms with E-state index in [0.717, 1.165) is 5.56 Å². The van der Waals surface area contributed by atoms with E-state index in [1.54, 1.807) is 31.2 Å². The third-order valence-electron chi connectivity index (χ3n) is 3.71. The largest absolute Gasteiger partial charge is 0.478 e. The van der Waals surface area contributed by atoms with Crippen LogP contribution in [0.15, 0.2) is 54.6 Å². The predicted molar refractivity (Wildman–Crippen MR) is 93.1 cm³/mol. The number of hydrogen-bond donors (Lipinski definition) is 2. The zero-order valence-corrected chi connectivity index (χ0v) is 13.1. The second-order valence-electron chi connectivity index (χ2n) is 5.36. The minimum absolute atomic E-state index is 0.125. The van der Waals surface area contributed by atoms with Crippen molar-refractivity contribution in [1.29, 1.82) is 0 Å². The molecule has 3 aromatic rings. The highest BCUT2D eigenvalue weighted by Crippen LogP contribution is 2.27. The third kappa shape index (κ3) is 3.10. The number of pyridine rings is 1. The Labute approximate surface area is 139 Å². The molecule has 0 aliphatic heterocycles. The van der Waals surface area contributed by atoms with Crippen LogP contribution in [-0.2, 0) is 4.79 Å². The van der Waals surface area contributed by atoms with Crippen molar-refractivity contribution in [2.24, 2.45) is 0 Å². The highest BCUT2D eigenvalue weighted by atomic mass is 16.4. The molecule has 3 rings (SSSR count). The van der Waals surface area contributed by atoms with Gasteiger partial charge in [-0.05, 0) is 24.3 Å². The fourth-order valence-corrected chi connectivity index (χ4v) is 2.49. The SMILES string of the molecule is CCC(=O)Nc1ccc2nc(-c3ccccc3)cc(C(=O)O)c2c1. The second kappa shape index (κ2) is 6.50. The lowest BCUT2D eigenvalue weighted by Gasteiger charge is -2.09. The van der Waals surface area contributed by atoms with Crippen molar-refractivity contribution < 1.29 is 14.7 Å². The van der Waals surface area contributed by atoms with Crippen LogP contribution in [0.1, 0.15) is 23.7 Å². The third-order valence-corrected chi connectivity index (χ3v) is 3.71. The van der Waals surface area contributed by atoms with Crippen LogP contribution in [0.4, 0.5) is 5.69 Å². The number of fused-ring (bicyclic) bond motifs is 1. The average molecular weight is 320 g/mol. The first-order chi connectivity index (χ1) is 11.6. The second-order valence-corrected chi connectivity index (χ2v) is 5.36. The Balaban J connectivity index is 2.16. The van der Waals surface area contributed by atoms with Crippen LogP contribution in [0.3, 0.4) is 0 Å². The molecule has 0 aliphatic rings. The lowest BCUT2D eigenvalue weighted by molar-refractivity contribution is -0.115. The van der Waals surface area contributed by atoms with E-state index in [1.807, 2.05) is 30.3 Å². The molecule has 0 bridgehead atoms. The molecule has 0 atom stereocenters. The topological polar surface area (TPSA) is 79.3 Å². The van der Waals surface area contributed by atoms with Gasteiger partial charge in [0.2, 0.25) is 5.91 Å². The van der Waals surface area contributed by atoms with E-state index in [2.05, 4.69) is 10.3 Å². The summed E-state index contributed by atoms with van der Waals surface area (Å²) in [5, 5.41) is 12.8. The number of nitrogens with one attached hydrogen (secondary N) is 1. The Hall–Kier alpha value is -3.21. The van der Waals surface area contributed by atoms with Crippen LogP contribution < -0.4 is 5.32 Å². The van der Waals surface area contributed by atoms with E-state index >= 15 is 0 Å². The molecule has 0 aliphatic carbocycles. The Bertz CT molecular complexity index is 921. The number of carboxylic acid groups (broad SMARTS) is 1. The van der Waals surface area contributed by atoms with E-state index in [0.29, 0.717) is 28.7 Å². The Morgan fingerprint density at radius 1 is 1.08 bits per heavy atom. The van der Waals surface area contributed by atoms with E-state index in [-0.39, 0.29) is 11.5 Å². The molecule has 0 saturated carbocycles. The Kier molecular flexibility index (Phi) is 4.24. The molecule has 120 valence electrons. The normalized spacial score (nSPS) is 10.5. The first-order valence-corrected chi connectivity index (χ1v) is 7.62. The van der Waals surface area contributed by atoms with Crippen LogP contribution in [-0.4, -0.2) is 22.0 Å². The zero-order chi connectivity index (χ0) is 17.1. The van der Waals surface area contributed by atoms with Gasteiger partial charge in [0.1, 0.15) is 0 Å². The summed E-state index contributed by atoms with van der Waals surface area (Å²) >= 11 is 0. The maximum atomic E-state index is 11.7. The minimum atomic E-state index is -1.03. The highest BCUT2D eigenvalue weighted by Gasteiger charge is 2.14. The summed E-state index contributed by atoms with van der Waals surface area (Å²) in [5.41, 5.74) is 2.75. The summed E-state index contributed by atoms with van der Waals surface area (Å²) in [7, 11) is 0. The number of anilines is 1. The molecule has 2 aromatic carbocycles. The number of carboxylic acids is 1. The number of hydrogen-bond acceptors (Lipinski definition) is 3. The summed E-state index contributed by atoms with van der Waals surface area (Å²) in [6.45, 7) is 1.76. The van der Waals surface area contributed by atoms with Crippen molar-refractivity contribution >= 4 is 28.5 Å². The molecule has 24 heavy (non-hydrogen) atoms. The molecular weight excluding hydrogens is 304 g/mol. The number of carbonyl (C=O) groups is 2. The molecule has 0 spiro atoms. The molecule has 0 saturated heterocycles. The maximum absolute atomic E-state index is 11.7. The van der Waals surface area contributed by atoms with E-state index in [1.165, 1.54) is 0 Å². The van der Waals surface area contributed by atoms with Gasteiger partial charge in [-0.1, -0.05) is 37.3 Å². The number of amides is 1. The standard InChI is InChI=1S/C19H16N2O3/c1-2-18(22)20-13-8-9-16-14(10-13)15(19(23)24)11-17(21-16)12-6-4-3-5-7-12/h3-11H,2H2,1H3,(H,20,22)(H,23,24). The molecule has 5 heteroatoms. The van der Waals surface area contributed by atoms with Gasteiger partial charge in [-0.25, -0.2) is 9.78 Å². The van der Waals surface area contributed by atoms with Gasteiger partial charge in [-0.2, -0.15) is 0 Å². The predicted octanol–water partition coefficient (Wildman–Crippen LogP) is 3.95. The fourth-order valence-electron chi connectivity index (χ4n) is 2.49. The summed E-state index contributed by atoms with van der Waals surface area (Å²) in [5.74, 6) is -1.15. The quantitative estimate of drug-likeness (QED) is 0.763. The Morgan fingerprint density at radius 3 is 2.50 bits per heavy atom. The van der Waals surface area contributed by atoms with Crippen molar-refractivity contribution in [3.8, 4) is 11.3 Å². The van der Waals surface area contributed by atoms with Crippen LogP contribution >= 0.6 is 0 Å². The van der Waals surface area contributed by atoms with Crippen LogP contribution in [0, 0.1) is 0 Å². The molecule has 2 N–H and O–H groups in total. The Morgan fingerprint density at radius 2 is 1.83 bits per heavy atom. The van der Waals surface area contributed by atoms with Gasteiger partial charge in [0, 0.05) is 23.1 Å². The smallest absolute Gasteiger partial charge is 0.336 e. The van der Waals surface area contributed by atoms with Crippen molar-refractivity contribution in [3.05, 3.63) is 60.2 Å². The van der Waals surface area contributed by atoms with Gasteiger partial charge < -0.3 is 10.4 Å². The monoisotopic (exact) mass is 320 g/mol. The number of carbonyl (C=O) groups excluding carboxylic acids is 1. The minimum Gasteiger partial charge on any atom is -0.478 e. The van der Waals surface area contributed by atoms with Crippen LogP contribution in [0.5, 0.6) is 0 Å². The van der Waals surface area contributed by atoms with Crippen molar-refractivity contribution in [3.63, 3.8) is 0 Å². The number of benzene rings is 2.